The minimum Gasteiger partial charge on any atom is -0.492 e. The average molecular weight is 359 g/mol. The van der Waals surface area contributed by atoms with Gasteiger partial charge in [0.1, 0.15) is 12.4 Å². The minimum absolute atomic E-state index is 0.0979. The zero-order chi connectivity index (χ0) is 18.0. The molecule has 6 nitrogen and oxygen atoms in total. The average Bonchev–Trinajstić information content (AvgIpc) is 2.86. The predicted octanol–water partition coefficient (Wildman–Crippen LogP) is 1.20. The van der Waals surface area contributed by atoms with Gasteiger partial charge in [0.25, 0.3) is 0 Å². The van der Waals surface area contributed by atoms with Gasteiger partial charge in [-0.3, -0.25) is 14.6 Å². The van der Waals surface area contributed by atoms with Crippen molar-refractivity contribution >= 4 is 5.91 Å². The second kappa shape index (κ2) is 7.55. The number of para-hydroxylation sites is 1. The molecule has 1 aromatic rings. The van der Waals surface area contributed by atoms with Crippen molar-refractivity contribution in [2.24, 2.45) is 0 Å². The van der Waals surface area contributed by atoms with Gasteiger partial charge in [0.2, 0.25) is 5.91 Å². The first-order valence-electron chi connectivity index (χ1n) is 9.66. The summed E-state index contributed by atoms with van der Waals surface area (Å²) in [5.41, 5.74) is 1.26. The maximum atomic E-state index is 13.0. The number of carbonyl (C=O) groups excluding carboxylic acids is 1. The third-order valence-electron chi connectivity index (χ3n) is 6.17. The fourth-order valence-electron chi connectivity index (χ4n) is 4.37. The van der Waals surface area contributed by atoms with Crippen LogP contribution in [0.3, 0.4) is 0 Å². The van der Waals surface area contributed by atoms with Crippen molar-refractivity contribution in [1.82, 2.24) is 14.7 Å². The SMILES string of the molecule is CN1CCN(C(=O)CN2CCOc3ccccc3C2)CC12CCOCC2. The zero-order valence-electron chi connectivity index (χ0n) is 15.7. The molecule has 1 amide bonds. The molecule has 0 aliphatic carbocycles. The molecule has 0 atom stereocenters. The van der Waals surface area contributed by atoms with E-state index in [0.29, 0.717) is 13.2 Å². The number of piperazine rings is 1. The van der Waals surface area contributed by atoms with E-state index in [1.54, 1.807) is 0 Å². The number of fused-ring (bicyclic) bond motifs is 1. The lowest BCUT2D eigenvalue weighted by molar-refractivity contribution is -0.141. The summed E-state index contributed by atoms with van der Waals surface area (Å²) in [6.07, 6.45) is 2.02. The van der Waals surface area contributed by atoms with Crippen molar-refractivity contribution in [3.63, 3.8) is 0 Å². The van der Waals surface area contributed by atoms with E-state index in [2.05, 4.69) is 27.8 Å². The van der Waals surface area contributed by atoms with E-state index in [9.17, 15) is 4.79 Å². The van der Waals surface area contributed by atoms with E-state index in [4.69, 9.17) is 9.47 Å². The molecule has 2 fully saturated rings. The maximum absolute atomic E-state index is 13.0. The molecule has 0 radical (unpaired) electrons. The van der Waals surface area contributed by atoms with Gasteiger partial charge in [0.15, 0.2) is 0 Å². The minimum atomic E-state index is 0.0979. The number of benzene rings is 1. The molecule has 26 heavy (non-hydrogen) atoms. The first-order chi connectivity index (χ1) is 12.7. The van der Waals surface area contributed by atoms with Crippen molar-refractivity contribution in [2.45, 2.75) is 24.9 Å². The molecule has 2 saturated heterocycles. The number of likely N-dealkylation sites (N-methyl/N-ethyl adjacent to an activating group) is 1. The zero-order valence-corrected chi connectivity index (χ0v) is 15.7. The fraction of sp³-hybridized carbons (Fsp3) is 0.650. The summed E-state index contributed by atoms with van der Waals surface area (Å²) < 4.78 is 11.4. The van der Waals surface area contributed by atoms with Crippen LogP contribution in [0, 0.1) is 0 Å². The molecule has 0 aromatic heterocycles. The van der Waals surface area contributed by atoms with Gasteiger partial charge in [-0.25, -0.2) is 0 Å². The highest BCUT2D eigenvalue weighted by Gasteiger charge is 2.42. The number of rotatable bonds is 2. The third kappa shape index (κ3) is 3.59. The van der Waals surface area contributed by atoms with Crippen molar-refractivity contribution in [1.29, 1.82) is 0 Å². The summed E-state index contributed by atoms with van der Waals surface area (Å²) in [4.78, 5) is 19.7. The Balaban J connectivity index is 1.40. The Morgan fingerprint density at radius 3 is 2.77 bits per heavy atom. The van der Waals surface area contributed by atoms with Crippen LogP contribution in [-0.2, 0) is 16.1 Å². The highest BCUT2D eigenvalue weighted by atomic mass is 16.5. The smallest absolute Gasteiger partial charge is 0.236 e. The Labute approximate surface area is 155 Å². The molecule has 1 aromatic carbocycles. The lowest BCUT2D eigenvalue weighted by Crippen LogP contribution is -2.64. The lowest BCUT2D eigenvalue weighted by atomic mass is 9.86. The Hall–Kier alpha value is -1.63. The Kier molecular flexibility index (Phi) is 5.16. The van der Waals surface area contributed by atoms with Gasteiger partial charge in [-0.05, 0) is 26.0 Å². The first-order valence-corrected chi connectivity index (χ1v) is 9.66. The van der Waals surface area contributed by atoms with Crippen LogP contribution >= 0.6 is 0 Å². The van der Waals surface area contributed by atoms with Crippen LogP contribution in [0.1, 0.15) is 18.4 Å². The molecule has 3 aliphatic heterocycles. The summed E-state index contributed by atoms with van der Waals surface area (Å²) in [5.74, 6) is 1.19. The van der Waals surface area contributed by atoms with Crippen LogP contribution in [0.25, 0.3) is 0 Å². The largest absolute Gasteiger partial charge is 0.492 e. The van der Waals surface area contributed by atoms with Gasteiger partial charge < -0.3 is 14.4 Å². The Morgan fingerprint density at radius 2 is 1.92 bits per heavy atom. The molecule has 6 heteroatoms. The quantitative estimate of drug-likeness (QED) is 0.794. The number of ether oxygens (including phenoxy) is 2. The number of carbonyl (C=O) groups is 1. The van der Waals surface area contributed by atoms with Gasteiger partial charge in [-0.15, -0.1) is 0 Å². The van der Waals surface area contributed by atoms with Gasteiger partial charge in [0, 0.05) is 57.0 Å². The van der Waals surface area contributed by atoms with E-state index in [1.165, 1.54) is 0 Å². The second-order valence-corrected chi connectivity index (χ2v) is 7.74. The third-order valence-corrected chi connectivity index (χ3v) is 6.17. The summed E-state index contributed by atoms with van der Waals surface area (Å²) in [6.45, 7) is 6.84. The highest BCUT2D eigenvalue weighted by Crippen LogP contribution is 2.31. The maximum Gasteiger partial charge on any atom is 0.236 e. The summed E-state index contributed by atoms with van der Waals surface area (Å²) in [6, 6.07) is 8.13. The van der Waals surface area contributed by atoms with Gasteiger partial charge >= 0.3 is 0 Å². The first kappa shape index (κ1) is 17.8. The Bertz CT molecular complexity index is 645. The van der Waals surface area contributed by atoms with E-state index >= 15 is 0 Å². The molecule has 142 valence electrons. The standard InChI is InChI=1S/C20H29N3O3/c1-21-8-9-23(16-20(21)6-11-25-12-7-20)19(24)15-22-10-13-26-18-5-3-2-4-17(18)14-22/h2-5H,6-16H2,1H3. The monoisotopic (exact) mass is 359 g/mol. The van der Waals surface area contributed by atoms with Gasteiger partial charge in [0.05, 0.1) is 6.54 Å². The molecule has 3 aliphatic rings. The van der Waals surface area contributed by atoms with Crippen LogP contribution in [-0.4, -0.2) is 85.7 Å². The number of hydrogen-bond acceptors (Lipinski definition) is 5. The molecule has 3 heterocycles. The van der Waals surface area contributed by atoms with Crippen molar-refractivity contribution < 1.29 is 14.3 Å². The van der Waals surface area contributed by atoms with Crippen LogP contribution in [0.2, 0.25) is 0 Å². The van der Waals surface area contributed by atoms with E-state index < -0.39 is 0 Å². The Morgan fingerprint density at radius 1 is 1.12 bits per heavy atom. The molecular weight excluding hydrogens is 330 g/mol. The topological polar surface area (TPSA) is 45.2 Å². The molecule has 4 rings (SSSR count). The molecule has 0 bridgehead atoms. The molecule has 1 spiro atoms. The summed E-state index contributed by atoms with van der Waals surface area (Å²) >= 11 is 0. The summed E-state index contributed by atoms with van der Waals surface area (Å²) in [5, 5.41) is 0. The number of amides is 1. The van der Waals surface area contributed by atoms with Crippen molar-refractivity contribution in [2.75, 3.05) is 59.6 Å². The summed E-state index contributed by atoms with van der Waals surface area (Å²) in [7, 11) is 2.19. The number of hydrogen-bond donors (Lipinski definition) is 0. The predicted molar refractivity (Wildman–Crippen MR) is 99.2 cm³/mol. The van der Waals surface area contributed by atoms with Crippen LogP contribution in [0.5, 0.6) is 5.75 Å². The number of nitrogens with zero attached hydrogens (tertiary/aromatic N) is 3. The van der Waals surface area contributed by atoms with E-state index in [0.717, 1.165) is 70.1 Å². The lowest BCUT2D eigenvalue weighted by Gasteiger charge is -2.51. The normalized spacial score (nSPS) is 24.0. The fourth-order valence-corrected chi connectivity index (χ4v) is 4.37. The van der Waals surface area contributed by atoms with Gasteiger partial charge in [-0.2, -0.15) is 0 Å². The van der Waals surface area contributed by atoms with Crippen LogP contribution in [0.15, 0.2) is 24.3 Å². The second-order valence-electron chi connectivity index (χ2n) is 7.74. The van der Waals surface area contributed by atoms with Gasteiger partial charge in [-0.1, -0.05) is 18.2 Å². The van der Waals surface area contributed by atoms with Crippen molar-refractivity contribution in [3.8, 4) is 5.75 Å². The highest BCUT2D eigenvalue weighted by molar-refractivity contribution is 5.78. The van der Waals surface area contributed by atoms with Crippen LogP contribution in [0.4, 0.5) is 0 Å². The van der Waals surface area contributed by atoms with E-state index in [1.807, 2.05) is 18.2 Å². The molecule has 0 unspecified atom stereocenters. The molecule has 0 N–H and O–H groups in total. The molecule has 0 saturated carbocycles. The molecular formula is C20H29N3O3. The van der Waals surface area contributed by atoms with Crippen molar-refractivity contribution in [3.05, 3.63) is 29.8 Å². The van der Waals surface area contributed by atoms with E-state index in [-0.39, 0.29) is 11.4 Å². The van der Waals surface area contributed by atoms with Crippen LogP contribution < -0.4 is 4.74 Å².